The van der Waals surface area contributed by atoms with Crippen LogP contribution in [0, 0.1) is 5.92 Å². The van der Waals surface area contributed by atoms with Gasteiger partial charge >= 0.3 is 0 Å². The summed E-state index contributed by atoms with van der Waals surface area (Å²) in [5.41, 5.74) is 3.29. The molecule has 8 heteroatoms. The van der Waals surface area contributed by atoms with Crippen LogP contribution in [0.3, 0.4) is 0 Å². The molecule has 2 unspecified atom stereocenters. The van der Waals surface area contributed by atoms with Crippen molar-refractivity contribution < 1.29 is 9.59 Å². The standard InChI is InChI=1S/C23H28N6O2/c1-3-15(2)20(28-22(30)19-10-9-18-21(27-19)25-14-24-18)23(31)26-16-7-6-8-17(13-16)29-11-4-5-12-29/h6-10,13-15,20H,3-5,11-12H2,1-2H3,(H,26,31)(H,28,30)(H,24,25,27). The molecule has 0 aliphatic carbocycles. The van der Waals surface area contributed by atoms with Crippen LogP contribution < -0.4 is 15.5 Å². The number of imidazole rings is 1. The number of benzene rings is 1. The van der Waals surface area contributed by atoms with Gasteiger partial charge in [-0.2, -0.15) is 0 Å². The van der Waals surface area contributed by atoms with Gasteiger partial charge in [0.05, 0.1) is 11.8 Å². The molecule has 2 atom stereocenters. The lowest BCUT2D eigenvalue weighted by Gasteiger charge is -2.24. The molecule has 3 N–H and O–H groups in total. The van der Waals surface area contributed by atoms with E-state index in [1.807, 2.05) is 32.0 Å². The Kier molecular flexibility index (Phi) is 6.16. The number of aromatic amines is 1. The molecule has 0 bridgehead atoms. The molecule has 1 fully saturated rings. The Morgan fingerprint density at radius 1 is 1.19 bits per heavy atom. The molecule has 1 aliphatic rings. The maximum atomic E-state index is 13.1. The Morgan fingerprint density at radius 2 is 2.00 bits per heavy atom. The van der Waals surface area contributed by atoms with Crippen molar-refractivity contribution in [3.8, 4) is 0 Å². The molecule has 3 heterocycles. The van der Waals surface area contributed by atoms with Crippen LogP contribution in [-0.2, 0) is 4.79 Å². The molecule has 2 aromatic heterocycles. The molecule has 0 spiro atoms. The summed E-state index contributed by atoms with van der Waals surface area (Å²) in [5, 5.41) is 5.85. The summed E-state index contributed by atoms with van der Waals surface area (Å²) in [6.45, 7) is 6.03. The number of rotatable bonds is 7. The number of hydrogen-bond acceptors (Lipinski definition) is 5. The van der Waals surface area contributed by atoms with E-state index in [0.29, 0.717) is 5.65 Å². The first-order chi connectivity index (χ1) is 15.0. The minimum absolute atomic E-state index is 0.0418. The smallest absolute Gasteiger partial charge is 0.270 e. The summed E-state index contributed by atoms with van der Waals surface area (Å²) >= 11 is 0. The van der Waals surface area contributed by atoms with E-state index in [0.717, 1.165) is 36.4 Å². The van der Waals surface area contributed by atoms with Gasteiger partial charge in [0, 0.05) is 24.5 Å². The topological polar surface area (TPSA) is 103 Å². The fourth-order valence-corrected chi connectivity index (χ4v) is 3.84. The van der Waals surface area contributed by atoms with Gasteiger partial charge in [-0.15, -0.1) is 0 Å². The zero-order valence-corrected chi connectivity index (χ0v) is 17.9. The van der Waals surface area contributed by atoms with Crippen LogP contribution in [-0.4, -0.2) is 45.9 Å². The monoisotopic (exact) mass is 420 g/mol. The number of fused-ring (bicyclic) bond motifs is 1. The summed E-state index contributed by atoms with van der Waals surface area (Å²) in [6.07, 6.45) is 4.66. The van der Waals surface area contributed by atoms with Crippen molar-refractivity contribution >= 4 is 34.4 Å². The molecule has 8 nitrogen and oxygen atoms in total. The van der Waals surface area contributed by atoms with Crippen molar-refractivity contribution in [1.29, 1.82) is 0 Å². The molecule has 4 rings (SSSR count). The average molecular weight is 421 g/mol. The van der Waals surface area contributed by atoms with Gasteiger partial charge in [0.1, 0.15) is 11.7 Å². The molecule has 31 heavy (non-hydrogen) atoms. The first kappa shape index (κ1) is 20.8. The molecular formula is C23H28N6O2. The first-order valence-corrected chi connectivity index (χ1v) is 10.8. The first-order valence-electron chi connectivity index (χ1n) is 10.8. The average Bonchev–Trinajstić information content (AvgIpc) is 3.48. The van der Waals surface area contributed by atoms with Crippen LogP contribution in [0.2, 0.25) is 0 Å². The van der Waals surface area contributed by atoms with Gasteiger partial charge in [0.25, 0.3) is 5.91 Å². The highest BCUT2D eigenvalue weighted by Crippen LogP contribution is 2.24. The van der Waals surface area contributed by atoms with Crippen LogP contribution in [0.5, 0.6) is 0 Å². The highest BCUT2D eigenvalue weighted by Gasteiger charge is 2.27. The van der Waals surface area contributed by atoms with Gasteiger partial charge in [0.15, 0.2) is 5.65 Å². The van der Waals surface area contributed by atoms with Crippen LogP contribution in [0.1, 0.15) is 43.6 Å². The van der Waals surface area contributed by atoms with E-state index in [9.17, 15) is 9.59 Å². The van der Waals surface area contributed by atoms with Gasteiger partial charge < -0.3 is 20.5 Å². The van der Waals surface area contributed by atoms with E-state index in [4.69, 9.17) is 0 Å². The number of amides is 2. The number of carbonyl (C=O) groups excluding carboxylic acids is 2. The Bertz CT molecular complexity index is 1070. The fraction of sp³-hybridized carbons (Fsp3) is 0.391. The Morgan fingerprint density at radius 3 is 2.77 bits per heavy atom. The largest absolute Gasteiger partial charge is 0.371 e. The van der Waals surface area contributed by atoms with Crippen molar-refractivity contribution in [2.75, 3.05) is 23.3 Å². The maximum Gasteiger partial charge on any atom is 0.270 e. The van der Waals surface area contributed by atoms with E-state index in [1.165, 1.54) is 19.2 Å². The van der Waals surface area contributed by atoms with Crippen LogP contribution in [0.4, 0.5) is 11.4 Å². The van der Waals surface area contributed by atoms with Gasteiger partial charge in [-0.25, -0.2) is 9.97 Å². The maximum absolute atomic E-state index is 13.1. The Labute approximate surface area is 181 Å². The van der Waals surface area contributed by atoms with Crippen molar-refractivity contribution in [1.82, 2.24) is 20.3 Å². The van der Waals surface area contributed by atoms with Gasteiger partial charge in [-0.05, 0) is 49.1 Å². The number of carbonyl (C=O) groups is 2. The lowest BCUT2D eigenvalue weighted by Crippen LogP contribution is -2.47. The minimum atomic E-state index is -0.676. The quantitative estimate of drug-likeness (QED) is 0.544. The summed E-state index contributed by atoms with van der Waals surface area (Å²) in [6, 6.07) is 10.6. The summed E-state index contributed by atoms with van der Waals surface area (Å²) in [5.74, 6) is -0.668. The number of pyridine rings is 1. The van der Waals surface area contributed by atoms with E-state index < -0.39 is 11.9 Å². The highest BCUT2D eigenvalue weighted by atomic mass is 16.2. The second-order valence-electron chi connectivity index (χ2n) is 8.04. The number of nitrogens with zero attached hydrogens (tertiary/aromatic N) is 3. The molecule has 3 aromatic rings. The molecule has 1 aromatic carbocycles. The van der Waals surface area contributed by atoms with E-state index in [-0.39, 0.29) is 17.5 Å². The van der Waals surface area contributed by atoms with Crippen LogP contribution in [0.25, 0.3) is 11.2 Å². The highest BCUT2D eigenvalue weighted by molar-refractivity contribution is 6.01. The third-order valence-electron chi connectivity index (χ3n) is 5.88. The predicted octanol–water partition coefficient (Wildman–Crippen LogP) is 3.34. The molecule has 162 valence electrons. The number of anilines is 2. The normalized spacial score (nSPS) is 15.6. The third kappa shape index (κ3) is 4.68. The van der Waals surface area contributed by atoms with E-state index in [1.54, 1.807) is 12.1 Å². The van der Waals surface area contributed by atoms with Crippen molar-refractivity contribution in [2.45, 2.75) is 39.2 Å². The number of aromatic nitrogens is 3. The van der Waals surface area contributed by atoms with E-state index in [2.05, 4.69) is 36.6 Å². The zero-order valence-electron chi connectivity index (χ0n) is 17.9. The molecule has 1 saturated heterocycles. The predicted molar refractivity (Wildman–Crippen MR) is 121 cm³/mol. The Hall–Kier alpha value is -3.42. The summed E-state index contributed by atoms with van der Waals surface area (Å²) < 4.78 is 0. The lowest BCUT2D eigenvalue weighted by molar-refractivity contribution is -0.119. The molecule has 0 radical (unpaired) electrons. The van der Waals surface area contributed by atoms with Crippen molar-refractivity contribution in [3.05, 3.63) is 48.4 Å². The molecule has 0 saturated carbocycles. The summed E-state index contributed by atoms with van der Waals surface area (Å²) in [7, 11) is 0. The van der Waals surface area contributed by atoms with Crippen LogP contribution in [0.15, 0.2) is 42.7 Å². The number of hydrogen-bond donors (Lipinski definition) is 3. The second kappa shape index (κ2) is 9.16. The van der Waals surface area contributed by atoms with Gasteiger partial charge in [0.2, 0.25) is 5.91 Å². The van der Waals surface area contributed by atoms with Crippen molar-refractivity contribution in [2.24, 2.45) is 5.92 Å². The SMILES string of the molecule is CCC(C)C(NC(=O)c1ccc2[nH]cnc2n1)C(=O)Nc1cccc(N2CCCC2)c1. The Balaban J connectivity index is 1.48. The molecular weight excluding hydrogens is 392 g/mol. The van der Waals surface area contributed by atoms with Gasteiger partial charge in [-0.1, -0.05) is 26.3 Å². The summed E-state index contributed by atoms with van der Waals surface area (Å²) in [4.78, 5) is 39.6. The third-order valence-corrected chi connectivity index (χ3v) is 5.88. The lowest BCUT2D eigenvalue weighted by atomic mass is 9.98. The molecule has 1 aliphatic heterocycles. The van der Waals surface area contributed by atoms with E-state index >= 15 is 0 Å². The second-order valence-corrected chi connectivity index (χ2v) is 8.04. The number of H-pyrrole nitrogens is 1. The van der Waals surface area contributed by atoms with Gasteiger partial charge in [-0.3, -0.25) is 9.59 Å². The number of nitrogens with one attached hydrogen (secondary N) is 3. The fourth-order valence-electron chi connectivity index (χ4n) is 3.84. The minimum Gasteiger partial charge on any atom is -0.371 e. The molecule has 2 amide bonds. The zero-order chi connectivity index (χ0) is 21.8. The van der Waals surface area contributed by atoms with Crippen LogP contribution >= 0.6 is 0 Å². The van der Waals surface area contributed by atoms with Crippen molar-refractivity contribution in [3.63, 3.8) is 0 Å².